The Morgan fingerprint density at radius 1 is 1.11 bits per heavy atom. The number of nitrogens with zero attached hydrogens (tertiary/aromatic N) is 9. The summed E-state index contributed by atoms with van der Waals surface area (Å²) in [5, 5.41) is 15.9. The van der Waals surface area contributed by atoms with E-state index in [4.69, 9.17) is 6.42 Å². The number of carbonyl (C=O) groups is 3. The molecule has 1 aliphatic rings. The second kappa shape index (κ2) is 12.6. The van der Waals surface area contributed by atoms with E-state index >= 15 is 0 Å². The van der Waals surface area contributed by atoms with Crippen LogP contribution in [0.1, 0.15) is 35.2 Å². The normalized spacial score (nSPS) is 17.6. The quantitative estimate of drug-likeness (QED) is 0.147. The van der Waals surface area contributed by atoms with E-state index in [2.05, 4.69) is 57.5 Å². The number of carbonyl (C=O) groups excluding carboxylic acids is 3. The Kier molecular flexibility index (Phi) is 8.42. The summed E-state index contributed by atoms with van der Waals surface area (Å²) >= 11 is 3.35. The van der Waals surface area contributed by atoms with Gasteiger partial charge in [-0.15, -0.1) is 11.5 Å². The summed E-state index contributed by atoms with van der Waals surface area (Å²) in [7, 11) is 0. The van der Waals surface area contributed by atoms with Gasteiger partial charge in [-0.1, -0.05) is 23.3 Å². The molecule has 1 fully saturated rings. The smallest absolute Gasteiger partial charge is 0.248 e. The number of nitrogens with one attached hydrogen (secondary N) is 1. The number of aromatic nitrogens is 8. The molecule has 0 aliphatic carbocycles. The van der Waals surface area contributed by atoms with Gasteiger partial charge in [0.25, 0.3) is 0 Å². The summed E-state index contributed by atoms with van der Waals surface area (Å²) in [6, 6.07) is 7.50. The van der Waals surface area contributed by atoms with Crippen LogP contribution in [0.3, 0.4) is 0 Å². The van der Waals surface area contributed by atoms with E-state index in [0.29, 0.717) is 40.1 Å². The van der Waals surface area contributed by atoms with Crippen LogP contribution in [0.2, 0.25) is 0 Å². The van der Waals surface area contributed by atoms with Crippen LogP contribution in [0.25, 0.3) is 22.0 Å². The number of hydrogen-bond acceptors (Lipinski definition) is 9. The molecule has 0 unspecified atom stereocenters. The zero-order valence-corrected chi connectivity index (χ0v) is 26.8. The number of halogens is 1. The van der Waals surface area contributed by atoms with Crippen molar-refractivity contribution in [2.75, 3.05) is 5.32 Å². The monoisotopic (exact) mass is 680 g/mol. The SMILES string of the molecule is C#C[C@@H]1[C@@H](Cn2ccnn2)C[C@@H](C(=O)Nc2nc(Br)ccc2C)N1C(=O)Cn1nc(C(C)=O)c2cc(-c3cnc(C)nc3)ccc21. The van der Waals surface area contributed by atoms with Gasteiger partial charge in [-0.3, -0.25) is 23.7 Å². The Hall–Kier alpha value is -5.29. The fourth-order valence-corrected chi connectivity index (χ4v) is 6.11. The third kappa shape index (κ3) is 6.01. The van der Waals surface area contributed by atoms with Crippen molar-refractivity contribution in [3.63, 3.8) is 0 Å². The van der Waals surface area contributed by atoms with Gasteiger partial charge in [0.05, 0.1) is 17.8 Å². The Labute approximate surface area is 272 Å². The second-order valence-corrected chi connectivity index (χ2v) is 12.0. The number of Topliss-reactive ketones (excluding diaryl/α,β-unsaturated/α-hetero) is 1. The summed E-state index contributed by atoms with van der Waals surface area (Å²) in [6.07, 6.45) is 13.0. The van der Waals surface area contributed by atoms with Gasteiger partial charge in [0.15, 0.2) is 5.78 Å². The van der Waals surface area contributed by atoms with Crippen molar-refractivity contribution in [3.8, 4) is 23.5 Å². The lowest BCUT2D eigenvalue weighted by atomic mass is 9.99. The Morgan fingerprint density at radius 3 is 2.59 bits per heavy atom. The molecule has 6 rings (SSSR count). The average molecular weight is 682 g/mol. The molecule has 1 aliphatic heterocycles. The zero-order valence-electron chi connectivity index (χ0n) is 25.3. The lowest BCUT2D eigenvalue weighted by Gasteiger charge is -2.28. The van der Waals surface area contributed by atoms with Gasteiger partial charge >= 0.3 is 0 Å². The topological polar surface area (TPSA) is 154 Å². The van der Waals surface area contributed by atoms with Crippen LogP contribution >= 0.6 is 15.9 Å². The van der Waals surface area contributed by atoms with Crippen molar-refractivity contribution in [1.82, 2.24) is 44.6 Å². The fraction of sp³-hybridized carbons (Fsp3) is 0.281. The Morgan fingerprint density at radius 2 is 1.89 bits per heavy atom. The van der Waals surface area contributed by atoms with E-state index in [9.17, 15) is 14.4 Å². The molecule has 13 nitrogen and oxygen atoms in total. The third-order valence-corrected chi connectivity index (χ3v) is 8.49. The largest absolute Gasteiger partial charge is 0.315 e. The predicted molar refractivity (Wildman–Crippen MR) is 172 cm³/mol. The van der Waals surface area contributed by atoms with Gasteiger partial charge in [-0.2, -0.15) is 5.10 Å². The fourth-order valence-electron chi connectivity index (χ4n) is 5.80. The van der Waals surface area contributed by atoms with Crippen LogP contribution < -0.4 is 5.32 Å². The van der Waals surface area contributed by atoms with E-state index in [1.165, 1.54) is 16.5 Å². The number of rotatable bonds is 8. The summed E-state index contributed by atoms with van der Waals surface area (Å²) in [6.45, 7) is 5.18. The minimum absolute atomic E-state index is 0.224. The van der Waals surface area contributed by atoms with Gasteiger partial charge in [0, 0.05) is 48.9 Å². The van der Waals surface area contributed by atoms with Crippen LogP contribution in [-0.2, 0) is 22.7 Å². The number of pyridine rings is 1. The van der Waals surface area contributed by atoms with Crippen molar-refractivity contribution in [2.45, 2.75) is 52.4 Å². The van der Waals surface area contributed by atoms with Crippen molar-refractivity contribution >= 4 is 50.2 Å². The van der Waals surface area contributed by atoms with Gasteiger partial charge in [0.2, 0.25) is 11.8 Å². The van der Waals surface area contributed by atoms with Crippen LogP contribution in [0.15, 0.2) is 59.7 Å². The number of fused-ring (bicyclic) bond motifs is 1. The maximum atomic E-state index is 14.2. The number of terminal acetylenes is 1. The lowest BCUT2D eigenvalue weighted by Crippen LogP contribution is -2.48. The number of aryl methyl sites for hydroxylation is 2. The maximum absolute atomic E-state index is 14.2. The van der Waals surface area contributed by atoms with Gasteiger partial charge in [-0.25, -0.2) is 15.0 Å². The number of likely N-dealkylation sites (tertiary alicyclic amines) is 1. The summed E-state index contributed by atoms with van der Waals surface area (Å²) in [5.41, 5.74) is 3.15. The molecule has 0 spiro atoms. The first kappa shape index (κ1) is 30.7. The summed E-state index contributed by atoms with van der Waals surface area (Å²) in [5.74, 6) is 2.40. The molecule has 232 valence electrons. The van der Waals surface area contributed by atoms with Crippen LogP contribution in [0, 0.1) is 32.1 Å². The molecule has 0 bridgehead atoms. The highest BCUT2D eigenvalue weighted by atomic mass is 79.9. The first-order valence-electron chi connectivity index (χ1n) is 14.5. The molecule has 1 saturated heterocycles. The van der Waals surface area contributed by atoms with E-state index in [1.54, 1.807) is 48.5 Å². The van der Waals surface area contributed by atoms with Crippen molar-refractivity contribution in [3.05, 3.63) is 76.8 Å². The third-order valence-electron chi connectivity index (χ3n) is 8.05. The number of amides is 2. The second-order valence-electron chi connectivity index (χ2n) is 11.2. The molecular weight excluding hydrogens is 652 g/mol. The molecular formula is C32H29BrN10O3. The Bertz CT molecular complexity index is 2000. The van der Waals surface area contributed by atoms with Crippen molar-refractivity contribution < 1.29 is 14.4 Å². The molecule has 46 heavy (non-hydrogen) atoms. The number of anilines is 1. The first-order chi connectivity index (χ1) is 22.1. The highest BCUT2D eigenvalue weighted by Crippen LogP contribution is 2.33. The van der Waals surface area contributed by atoms with E-state index < -0.39 is 23.9 Å². The van der Waals surface area contributed by atoms with Gasteiger partial charge in [0.1, 0.15) is 34.5 Å². The first-order valence-corrected chi connectivity index (χ1v) is 15.3. The number of benzene rings is 1. The molecule has 0 saturated carbocycles. The molecule has 2 amide bonds. The molecule has 14 heteroatoms. The minimum Gasteiger partial charge on any atom is -0.315 e. The zero-order chi connectivity index (χ0) is 32.5. The average Bonchev–Trinajstić information content (AvgIpc) is 3.77. The van der Waals surface area contributed by atoms with E-state index in [1.807, 2.05) is 25.1 Å². The lowest BCUT2D eigenvalue weighted by molar-refractivity contribution is -0.138. The van der Waals surface area contributed by atoms with E-state index in [-0.39, 0.29) is 23.9 Å². The van der Waals surface area contributed by atoms with Crippen molar-refractivity contribution in [2.24, 2.45) is 5.92 Å². The summed E-state index contributed by atoms with van der Waals surface area (Å²) in [4.78, 5) is 55.1. The minimum atomic E-state index is -0.899. The molecule has 0 radical (unpaired) electrons. The van der Waals surface area contributed by atoms with Crippen LogP contribution in [0.5, 0.6) is 0 Å². The highest BCUT2D eigenvalue weighted by molar-refractivity contribution is 9.10. The number of hydrogen-bond donors (Lipinski definition) is 1. The molecule has 1 aromatic carbocycles. The standard InChI is InChI=1S/C32H29BrN10O3/c1-5-25-22(16-41-11-10-36-40-41)13-27(32(46)38-31-18(2)6-9-28(33)37-31)43(25)29(45)17-42-26-8-7-21(23-14-34-20(4)35-15-23)12-24(26)30(39-42)19(3)44/h1,6-12,14-15,22,25,27H,13,16-17H2,2-4H3,(H,37,38,46)/t22-,25-,27+/m1/s1. The van der Waals surface area contributed by atoms with Crippen LogP contribution in [0.4, 0.5) is 5.82 Å². The van der Waals surface area contributed by atoms with Crippen LogP contribution in [-0.4, -0.2) is 74.3 Å². The van der Waals surface area contributed by atoms with Gasteiger partial charge in [-0.05, 0) is 65.5 Å². The molecule has 3 atom stereocenters. The maximum Gasteiger partial charge on any atom is 0.248 e. The Balaban J connectivity index is 1.34. The van der Waals surface area contributed by atoms with Crippen molar-refractivity contribution in [1.29, 1.82) is 0 Å². The highest BCUT2D eigenvalue weighted by Gasteiger charge is 2.46. The van der Waals surface area contributed by atoms with E-state index in [0.717, 1.165) is 16.7 Å². The summed E-state index contributed by atoms with van der Waals surface area (Å²) < 4.78 is 3.68. The molecule has 5 aromatic rings. The molecule has 4 aromatic heterocycles. The molecule has 5 heterocycles. The predicted octanol–water partition coefficient (Wildman–Crippen LogP) is 3.62. The molecule has 1 N–H and O–H groups in total. The van der Waals surface area contributed by atoms with Gasteiger partial charge < -0.3 is 10.2 Å². The number of ketones is 1.